The molecule has 1 N–H and O–H groups in total. The van der Waals surface area contributed by atoms with Crippen LogP contribution in [0.15, 0.2) is 36.7 Å². The second-order valence-electron chi connectivity index (χ2n) is 8.61. The molecule has 3 heterocycles. The molecular formula is C24H32FN5O. The first-order chi connectivity index (χ1) is 15.2. The molecule has 4 rings (SSSR count). The van der Waals surface area contributed by atoms with Crippen LogP contribution in [0.5, 0.6) is 0 Å². The number of nitrogens with one attached hydrogen (secondary N) is 1. The van der Waals surface area contributed by atoms with Gasteiger partial charge in [0.1, 0.15) is 5.82 Å². The molecule has 166 valence electrons. The van der Waals surface area contributed by atoms with Gasteiger partial charge in [-0.25, -0.2) is 14.4 Å². The summed E-state index contributed by atoms with van der Waals surface area (Å²) in [5.74, 6) is 0.499. The van der Waals surface area contributed by atoms with Crippen LogP contribution >= 0.6 is 0 Å². The molecule has 2 aliphatic rings. The van der Waals surface area contributed by atoms with E-state index in [1.54, 1.807) is 24.5 Å². The maximum atomic E-state index is 13.1. The van der Waals surface area contributed by atoms with E-state index in [4.69, 9.17) is 0 Å². The van der Waals surface area contributed by atoms with Crippen LogP contribution < -0.4 is 10.2 Å². The summed E-state index contributed by atoms with van der Waals surface area (Å²) in [5, 5.41) is 3.15. The monoisotopic (exact) mass is 425 g/mol. The van der Waals surface area contributed by atoms with Crippen molar-refractivity contribution in [1.29, 1.82) is 0 Å². The van der Waals surface area contributed by atoms with Crippen molar-refractivity contribution >= 4 is 11.9 Å². The van der Waals surface area contributed by atoms with Gasteiger partial charge in [0, 0.05) is 44.1 Å². The standard InChI is InChI=1S/C24H32FN5O/c25-22-9-7-19(8-10-22)21-16-27-24(28-17-21)30-14-5-6-20(18-30)23(31)26-11-15-29-12-3-1-2-4-13-29/h7-10,16-17,20H,1-6,11-15,18H2,(H,26,31)/t20-/m1/s1. The Balaban J connectivity index is 1.28. The summed E-state index contributed by atoms with van der Waals surface area (Å²) in [5.41, 5.74) is 1.73. The van der Waals surface area contributed by atoms with Gasteiger partial charge in [-0.05, 0) is 56.5 Å². The first-order valence-corrected chi connectivity index (χ1v) is 11.5. The molecule has 1 aromatic heterocycles. The molecular weight excluding hydrogens is 393 g/mol. The topological polar surface area (TPSA) is 61.4 Å². The van der Waals surface area contributed by atoms with Crippen molar-refractivity contribution < 1.29 is 9.18 Å². The third-order valence-corrected chi connectivity index (χ3v) is 6.32. The number of halogens is 1. The van der Waals surface area contributed by atoms with E-state index in [1.807, 2.05) is 0 Å². The van der Waals surface area contributed by atoms with E-state index >= 15 is 0 Å². The van der Waals surface area contributed by atoms with E-state index in [9.17, 15) is 9.18 Å². The first kappa shape index (κ1) is 21.7. The molecule has 6 nitrogen and oxygen atoms in total. The van der Waals surface area contributed by atoms with E-state index in [-0.39, 0.29) is 17.6 Å². The van der Waals surface area contributed by atoms with E-state index in [0.717, 1.165) is 56.7 Å². The number of hydrogen-bond acceptors (Lipinski definition) is 5. The minimum Gasteiger partial charge on any atom is -0.355 e. The summed E-state index contributed by atoms with van der Waals surface area (Å²) in [6.45, 7) is 5.46. The van der Waals surface area contributed by atoms with Gasteiger partial charge in [-0.15, -0.1) is 0 Å². The summed E-state index contributed by atoms with van der Waals surface area (Å²) in [6.07, 6.45) is 10.6. The van der Waals surface area contributed by atoms with Gasteiger partial charge in [-0.1, -0.05) is 25.0 Å². The molecule has 0 aliphatic carbocycles. The summed E-state index contributed by atoms with van der Waals surface area (Å²) < 4.78 is 13.1. The minimum atomic E-state index is -0.259. The molecule has 1 atom stereocenters. The predicted molar refractivity (Wildman–Crippen MR) is 120 cm³/mol. The highest BCUT2D eigenvalue weighted by Gasteiger charge is 2.27. The number of likely N-dealkylation sites (tertiary alicyclic amines) is 1. The third kappa shape index (κ3) is 6.00. The van der Waals surface area contributed by atoms with Gasteiger partial charge in [-0.2, -0.15) is 0 Å². The van der Waals surface area contributed by atoms with Crippen molar-refractivity contribution in [3.8, 4) is 11.1 Å². The molecule has 2 saturated heterocycles. The van der Waals surface area contributed by atoms with Crippen molar-refractivity contribution in [2.24, 2.45) is 5.92 Å². The number of amides is 1. The Bertz CT molecular complexity index is 834. The number of benzene rings is 1. The largest absolute Gasteiger partial charge is 0.355 e. The summed E-state index contributed by atoms with van der Waals surface area (Å²) in [6, 6.07) is 6.31. The highest BCUT2D eigenvalue weighted by molar-refractivity contribution is 5.79. The van der Waals surface area contributed by atoms with Gasteiger partial charge < -0.3 is 15.1 Å². The number of piperidine rings is 1. The number of hydrogen-bond donors (Lipinski definition) is 1. The van der Waals surface area contributed by atoms with Crippen molar-refractivity contribution in [2.45, 2.75) is 38.5 Å². The fraction of sp³-hybridized carbons (Fsp3) is 0.542. The molecule has 1 amide bonds. The zero-order valence-electron chi connectivity index (χ0n) is 18.1. The van der Waals surface area contributed by atoms with E-state index in [0.29, 0.717) is 12.5 Å². The van der Waals surface area contributed by atoms with Crippen molar-refractivity contribution in [3.63, 3.8) is 0 Å². The fourth-order valence-electron chi connectivity index (χ4n) is 4.49. The summed E-state index contributed by atoms with van der Waals surface area (Å²) in [4.78, 5) is 26.3. The lowest BCUT2D eigenvalue weighted by molar-refractivity contribution is -0.125. The van der Waals surface area contributed by atoms with Crippen LogP contribution in [-0.4, -0.2) is 60.0 Å². The molecule has 2 fully saturated rings. The van der Waals surface area contributed by atoms with Crippen molar-refractivity contribution in [3.05, 3.63) is 42.5 Å². The molecule has 31 heavy (non-hydrogen) atoms. The molecule has 0 radical (unpaired) electrons. The third-order valence-electron chi connectivity index (χ3n) is 6.32. The highest BCUT2D eigenvalue weighted by atomic mass is 19.1. The van der Waals surface area contributed by atoms with Crippen LogP contribution in [0, 0.1) is 11.7 Å². The summed E-state index contributed by atoms with van der Waals surface area (Å²) >= 11 is 0. The molecule has 0 saturated carbocycles. The smallest absolute Gasteiger partial charge is 0.225 e. The Morgan fingerprint density at radius 3 is 2.39 bits per heavy atom. The number of carbonyl (C=O) groups is 1. The van der Waals surface area contributed by atoms with Gasteiger partial charge >= 0.3 is 0 Å². The van der Waals surface area contributed by atoms with Crippen LogP contribution in [-0.2, 0) is 4.79 Å². The molecule has 0 bridgehead atoms. The molecule has 0 spiro atoms. The fourth-order valence-corrected chi connectivity index (χ4v) is 4.49. The highest BCUT2D eigenvalue weighted by Crippen LogP contribution is 2.23. The second-order valence-corrected chi connectivity index (χ2v) is 8.61. The van der Waals surface area contributed by atoms with Crippen molar-refractivity contribution in [1.82, 2.24) is 20.2 Å². The Kier molecular flexibility index (Phi) is 7.46. The van der Waals surface area contributed by atoms with Gasteiger partial charge in [0.2, 0.25) is 11.9 Å². The van der Waals surface area contributed by atoms with Crippen LogP contribution in [0.2, 0.25) is 0 Å². The number of aromatic nitrogens is 2. The summed E-state index contributed by atoms with van der Waals surface area (Å²) in [7, 11) is 0. The zero-order valence-corrected chi connectivity index (χ0v) is 18.1. The van der Waals surface area contributed by atoms with Crippen LogP contribution in [0.4, 0.5) is 10.3 Å². The zero-order chi connectivity index (χ0) is 21.5. The quantitative estimate of drug-likeness (QED) is 0.768. The maximum Gasteiger partial charge on any atom is 0.225 e. The minimum absolute atomic E-state index is 0.0294. The number of nitrogens with zero attached hydrogens (tertiary/aromatic N) is 4. The Hall–Kier alpha value is -2.54. The molecule has 1 aromatic carbocycles. The predicted octanol–water partition coefficient (Wildman–Crippen LogP) is 3.49. The van der Waals surface area contributed by atoms with Crippen molar-refractivity contribution in [2.75, 3.05) is 44.2 Å². The number of anilines is 1. The lowest BCUT2D eigenvalue weighted by Crippen LogP contribution is -2.45. The van der Waals surface area contributed by atoms with Gasteiger partial charge in [0.15, 0.2) is 0 Å². The Labute approximate surface area is 183 Å². The lowest BCUT2D eigenvalue weighted by atomic mass is 9.97. The number of rotatable bonds is 6. The average molecular weight is 426 g/mol. The van der Waals surface area contributed by atoms with Crippen LogP contribution in [0.3, 0.4) is 0 Å². The van der Waals surface area contributed by atoms with E-state index in [1.165, 1.54) is 37.8 Å². The number of carbonyl (C=O) groups excluding carboxylic acids is 1. The van der Waals surface area contributed by atoms with Crippen LogP contribution in [0.25, 0.3) is 11.1 Å². The molecule has 2 aliphatic heterocycles. The van der Waals surface area contributed by atoms with Gasteiger partial charge in [0.05, 0.1) is 5.92 Å². The molecule has 2 aromatic rings. The van der Waals surface area contributed by atoms with E-state index < -0.39 is 0 Å². The maximum absolute atomic E-state index is 13.1. The van der Waals surface area contributed by atoms with Gasteiger partial charge in [0.25, 0.3) is 0 Å². The lowest BCUT2D eigenvalue weighted by Gasteiger charge is -2.32. The SMILES string of the molecule is O=C(NCCN1CCCCCC1)[C@@H]1CCCN(c2ncc(-c3ccc(F)cc3)cn2)C1. The first-order valence-electron chi connectivity index (χ1n) is 11.5. The average Bonchev–Trinajstić information content (AvgIpc) is 3.09. The Morgan fingerprint density at radius 1 is 0.968 bits per heavy atom. The van der Waals surface area contributed by atoms with Gasteiger partial charge in [-0.3, -0.25) is 4.79 Å². The second kappa shape index (κ2) is 10.7. The van der Waals surface area contributed by atoms with E-state index in [2.05, 4.69) is 25.1 Å². The molecule has 0 unspecified atom stereocenters. The normalized spacial score (nSPS) is 20.3. The Morgan fingerprint density at radius 2 is 1.68 bits per heavy atom. The van der Waals surface area contributed by atoms with Crippen LogP contribution in [0.1, 0.15) is 38.5 Å². The molecule has 7 heteroatoms.